The second-order valence-electron chi connectivity index (χ2n) is 8.37. The highest BCUT2D eigenvalue weighted by atomic mass is 16.7. The molecule has 0 aliphatic carbocycles. The Balaban J connectivity index is 1.77. The highest BCUT2D eigenvalue weighted by Crippen LogP contribution is 2.42. The van der Waals surface area contributed by atoms with Gasteiger partial charge in [-0.2, -0.15) is 0 Å². The molecule has 0 bridgehead atoms. The molecule has 0 saturated carbocycles. The molecule has 0 amide bonds. The second kappa shape index (κ2) is 10.5. The molecule has 0 radical (unpaired) electrons. The smallest absolute Gasteiger partial charge is 0.402 e. The van der Waals surface area contributed by atoms with Crippen molar-refractivity contribution in [1.82, 2.24) is 0 Å². The first-order valence-electron chi connectivity index (χ1n) is 11.0. The lowest BCUT2D eigenvalue weighted by molar-refractivity contribution is -0.281. The number of esters is 1. The summed E-state index contributed by atoms with van der Waals surface area (Å²) in [6.45, 7) is -0.804. The lowest BCUT2D eigenvalue weighted by Gasteiger charge is -2.40. The molecule has 0 spiro atoms. The minimum absolute atomic E-state index is 0.0216. The van der Waals surface area contributed by atoms with E-state index in [9.17, 15) is 45.3 Å². The zero-order chi connectivity index (χ0) is 27.7. The maximum Gasteiger partial charge on any atom is 0.402 e. The molecule has 202 valence electrons. The highest BCUT2D eigenvalue weighted by molar-refractivity contribution is 5.90. The third-order valence-corrected chi connectivity index (χ3v) is 5.68. The zero-order valence-corrected chi connectivity index (χ0v) is 19.3. The summed E-state index contributed by atoms with van der Waals surface area (Å²) in [6.07, 6.45) is -9.66. The zero-order valence-electron chi connectivity index (χ0n) is 19.3. The van der Waals surface area contributed by atoms with Crippen LogP contribution in [0.15, 0.2) is 40.8 Å². The average Bonchev–Trinajstić information content (AvgIpc) is 2.84. The summed E-state index contributed by atoms with van der Waals surface area (Å²) >= 11 is 0. The Morgan fingerprint density at radius 1 is 0.947 bits per heavy atom. The van der Waals surface area contributed by atoms with Gasteiger partial charge in [0.1, 0.15) is 35.5 Å². The Labute approximate surface area is 212 Å². The first-order chi connectivity index (χ1) is 18.0. The number of ether oxygens (including phenoxy) is 3. The fraction of sp³-hybridized carbons (Fsp3) is 0.292. The number of aliphatic hydroxyl groups excluding tert-OH is 3. The maximum absolute atomic E-state index is 11.9. The summed E-state index contributed by atoms with van der Waals surface area (Å²) in [4.78, 5) is 22.7. The van der Waals surface area contributed by atoms with Gasteiger partial charge in [-0.1, -0.05) is 0 Å². The van der Waals surface area contributed by atoms with Gasteiger partial charge in [0, 0.05) is 18.2 Å². The predicted molar refractivity (Wildman–Crippen MR) is 123 cm³/mol. The van der Waals surface area contributed by atoms with Crippen molar-refractivity contribution in [2.45, 2.75) is 37.1 Å². The number of benzene rings is 2. The number of aliphatic carboxylic acids is 1. The van der Waals surface area contributed by atoms with Crippen molar-refractivity contribution >= 4 is 22.9 Å². The Morgan fingerprint density at radius 2 is 1.68 bits per heavy atom. The number of carboxylic acid groups (broad SMARTS) is 1. The van der Waals surface area contributed by atoms with E-state index in [1.54, 1.807) is 0 Å². The van der Waals surface area contributed by atoms with Gasteiger partial charge in [0.25, 0.3) is 0 Å². The molecule has 2 aromatic carbocycles. The van der Waals surface area contributed by atoms with E-state index in [2.05, 4.69) is 0 Å². The van der Waals surface area contributed by atoms with Crippen molar-refractivity contribution in [3.8, 4) is 40.1 Å². The minimum atomic E-state index is -1.91. The molecule has 3 aromatic rings. The Kier molecular flexibility index (Phi) is 7.41. The number of rotatable bonds is 7. The SMILES string of the molecule is O=C(O)CC(=O)O[C@H]1[C@H](O)[C@@H](Oc2cc3c(O)cc(O)cc3[o+]c2-c2ccc(O)c(O)c2)O[C@@H](CO)[C@@H]1O. The molecule has 14 nitrogen and oxygen atoms in total. The summed E-state index contributed by atoms with van der Waals surface area (Å²) < 4.78 is 21.9. The molecule has 1 aliphatic heterocycles. The van der Waals surface area contributed by atoms with Gasteiger partial charge in [-0.25, -0.2) is 4.42 Å². The van der Waals surface area contributed by atoms with Gasteiger partial charge >= 0.3 is 23.3 Å². The Morgan fingerprint density at radius 3 is 2.34 bits per heavy atom. The number of aromatic hydroxyl groups is 4. The molecule has 14 heteroatoms. The van der Waals surface area contributed by atoms with Gasteiger partial charge in [-0.15, -0.1) is 0 Å². The topological polar surface area (TPSA) is 235 Å². The van der Waals surface area contributed by atoms with Crippen molar-refractivity contribution < 1.29 is 69.1 Å². The van der Waals surface area contributed by atoms with Crippen molar-refractivity contribution in [3.63, 3.8) is 0 Å². The van der Waals surface area contributed by atoms with E-state index in [1.807, 2.05) is 0 Å². The van der Waals surface area contributed by atoms with Crippen LogP contribution in [0.5, 0.6) is 28.7 Å². The number of phenolic OH excluding ortho intramolecular Hbond substituents is 4. The first kappa shape index (κ1) is 26.7. The lowest BCUT2D eigenvalue weighted by atomic mass is 9.99. The van der Waals surface area contributed by atoms with E-state index in [0.717, 1.165) is 18.2 Å². The van der Waals surface area contributed by atoms with Crippen LogP contribution in [0.4, 0.5) is 0 Å². The lowest BCUT2D eigenvalue weighted by Crippen LogP contribution is -2.61. The van der Waals surface area contributed by atoms with Crippen LogP contribution >= 0.6 is 0 Å². The van der Waals surface area contributed by atoms with Crippen LogP contribution in [0, 0.1) is 0 Å². The number of hydrogen-bond acceptors (Lipinski definition) is 12. The molecule has 4 rings (SSSR count). The molecule has 0 unspecified atom stereocenters. The largest absolute Gasteiger partial charge is 0.507 e. The van der Waals surface area contributed by atoms with E-state index in [4.69, 9.17) is 23.7 Å². The molecule has 1 aromatic heterocycles. The van der Waals surface area contributed by atoms with Gasteiger partial charge in [-0.05, 0) is 12.1 Å². The van der Waals surface area contributed by atoms with Crippen LogP contribution in [0.1, 0.15) is 6.42 Å². The quantitative estimate of drug-likeness (QED) is 0.0885. The van der Waals surface area contributed by atoms with Crippen molar-refractivity contribution in [2.75, 3.05) is 6.61 Å². The van der Waals surface area contributed by atoms with Crippen LogP contribution in [0.3, 0.4) is 0 Å². The highest BCUT2D eigenvalue weighted by Gasteiger charge is 2.48. The molecule has 1 fully saturated rings. The number of hydrogen-bond donors (Lipinski definition) is 8. The van der Waals surface area contributed by atoms with Crippen LogP contribution in [-0.2, 0) is 19.1 Å². The molecule has 8 N–H and O–H groups in total. The van der Waals surface area contributed by atoms with E-state index < -0.39 is 72.9 Å². The second-order valence-corrected chi connectivity index (χ2v) is 8.37. The van der Waals surface area contributed by atoms with Crippen LogP contribution in [0.2, 0.25) is 0 Å². The number of carbonyl (C=O) groups excluding carboxylic acids is 1. The Hall–Kier alpha value is -4.37. The molecule has 38 heavy (non-hydrogen) atoms. The van der Waals surface area contributed by atoms with Crippen molar-refractivity contribution in [3.05, 3.63) is 36.4 Å². The summed E-state index contributed by atoms with van der Waals surface area (Å²) in [7, 11) is 0. The molecule has 2 heterocycles. The van der Waals surface area contributed by atoms with E-state index in [1.165, 1.54) is 18.2 Å². The molecular weight excluding hydrogens is 512 g/mol. The van der Waals surface area contributed by atoms with Crippen LogP contribution in [-0.4, -0.2) is 90.1 Å². The van der Waals surface area contributed by atoms with Crippen LogP contribution < -0.4 is 4.74 Å². The fourth-order valence-corrected chi connectivity index (χ4v) is 3.87. The third-order valence-electron chi connectivity index (χ3n) is 5.68. The number of aliphatic hydroxyl groups is 3. The molecule has 5 atom stereocenters. The molecule has 1 aliphatic rings. The van der Waals surface area contributed by atoms with E-state index in [-0.39, 0.29) is 33.8 Å². The number of phenols is 4. The van der Waals surface area contributed by atoms with Gasteiger partial charge in [-0.3, -0.25) is 9.59 Å². The number of carbonyl (C=O) groups is 2. The maximum atomic E-state index is 11.9. The summed E-state index contributed by atoms with van der Waals surface area (Å²) in [5, 5.41) is 79.5. The Bertz CT molecular complexity index is 1370. The summed E-state index contributed by atoms with van der Waals surface area (Å²) in [5.74, 6) is -4.86. The van der Waals surface area contributed by atoms with E-state index in [0.29, 0.717) is 0 Å². The van der Waals surface area contributed by atoms with Crippen molar-refractivity contribution in [2.24, 2.45) is 0 Å². The first-order valence-corrected chi connectivity index (χ1v) is 11.0. The van der Waals surface area contributed by atoms with Crippen molar-refractivity contribution in [1.29, 1.82) is 0 Å². The minimum Gasteiger partial charge on any atom is -0.507 e. The van der Waals surface area contributed by atoms with Crippen LogP contribution in [0.25, 0.3) is 22.3 Å². The van der Waals surface area contributed by atoms with Gasteiger partial charge < -0.3 is 55.1 Å². The number of carboxylic acids is 1. The fourth-order valence-electron chi connectivity index (χ4n) is 3.87. The molecule has 1 saturated heterocycles. The molecular formula is C24H23O14+. The van der Waals surface area contributed by atoms with Gasteiger partial charge in [0.15, 0.2) is 23.7 Å². The van der Waals surface area contributed by atoms with Gasteiger partial charge in [0.2, 0.25) is 12.0 Å². The average molecular weight is 535 g/mol. The monoisotopic (exact) mass is 535 g/mol. The summed E-state index contributed by atoms with van der Waals surface area (Å²) in [6, 6.07) is 7.05. The van der Waals surface area contributed by atoms with E-state index >= 15 is 0 Å². The normalized spacial score (nSPS) is 23.2. The number of fused-ring (bicyclic) bond motifs is 1. The third kappa shape index (κ3) is 5.33. The standard InChI is InChI=1S/C24H22O14/c25-8-17-20(33)23(38-19(32)7-18(30)31)21(34)24(37-17)36-16-6-11-13(28)4-10(26)5-15(11)35-22(16)9-1-2-12(27)14(29)3-9/h1-6,17,20-21,23-25,33-34H,7-8H2,(H4-,26,27,28,29,30,31)/p+1/t17-,20-,21-,23+,24-/m0/s1. The van der Waals surface area contributed by atoms with Gasteiger partial charge in [0.05, 0.1) is 18.2 Å². The summed E-state index contributed by atoms with van der Waals surface area (Å²) in [5.41, 5.74) is 0.111. The predicted octanol–water partition coefficient (Wildman–Crippen LogP) is 0.408.